The second-order valence-corrected chi connectivity index (χ2v) is 7.66. The van der Waals surface area contributed by atoms with E-state index in [1.807, 2.05) is 6.92 Å². The monoisotopic (exact) mass is 405 g/mol. The third-order valence-electron chi connectivity index (χ3n) is 3.65. The minimum atomic E-state index is -4.20. The molecule has 1 heterocycles. The van der Waals surface area contributed by atoms with Gasteiger partial charge in [0, 0.05) is 5.02 Å². The zero-order valence-electron chi connectivity index (χ0n) is 14.3. The summed E-state index contributed by atoms with van der Waals surface area (Å²) >= 11 is 5.84. The first kappa shape index (κ1) is 19.0. The number of carbonyl (C=O) groups is 1. The highest BCUT2D eigenvalue weighted by Crippen LogP contribution is 2.28. The molecule has 0 bridgehead atoms. The number of rotatable bonds is 6. The van der Waals surface area contributed by atoms with Crippen molar-refractivity contribution < 1.29 is 22.4 Å². The molecule has 0 aliphatic rings. The van der Waals surface area contributed by atoms with Gasteiger partial charge in [0.15, 0.2) is 5.76 Å². The van der Waals surface area contributed by atoms with Gasteiger partial charge in [-0.15, -0.1) is 0 Å². The fourth-order valence-corrected chi connectivity index (χ4v) is 3.95. The van der Waals surface area contributed by atoms with Crippen LogP contribution in [0, 0.1) is 0 Å². The molecule has 6 nitrogen and oxygen atoms in total. The lowest BCUT2D eigenvalue weighted by Crippen LogP contribution is -2.36. The molecule has 0 saturated heterocycles. The first-order valence-corrected chi connectivity index (χ1v) is 9.87. The van der Waals surface area contributed by atoms with Crippen LogP contribution in [0.25, 0.3) is 0 Å². The summed E-state index contributed by atoms with van der Waals surface area (Å²) < 4.78 is 37.5. The van der Waals surface area contributed by atoms with E-state index in [9.17, 15) is 13.2 Å². The third kappa shape index (κ3) is 3.99. The molecule has 0 saturated carbocycles. The van der Waals surface area contributed by atoms with Crippen molar-refractivity contribution in [2.45, 2.75) is 11.8 Å². The van der Waals surface area contributed by atoms with Crippen molar-refractivity contribution in [1.82, 2.24) is 0 Å². The summed E-state index contributed by atoms with van der Waals surface area (Å²) in [6, 6.07) is 14.7. The minimum absolute atomic E-state index is 0.0688. The lowest BCUT2D eigenvalue weighted by Gasteiger charge is -2.22. The van der Waals surface area contributed by atoms with Gasteiger partial charge in [-0.25, -0.2) is 8.42 Å². The van der Waals surface area contributed by atoms with Crippen molar-refractivity contribution in [3.8, 4) is 5.75 Å². The summed E-state index contributed by atoms with van der Waals surface area (Å²) in [4.78, 5) is 12.8. The predicted octanol–water partition coefficient (Wildman–Crippen LogP) is 4.37. The first-order valence-electron chi connectivity index (χ1n) is 8.05. The van der Waals surface area contributed by atoms with Gasteiger partial charge in [0.25, 0.3) is 10.0 Å². The van der Waals surface area contributed by atoms with E-state index in [0.717, 1.165) is 0 Å². The van der Waals surface area contributed by atoms with E-state index in [2.05, 4.69) is 0 Å². The molecular formula is C19H16ClNO5S. The van der Waals surface area contributed by atoms with E-state index in [0.29, 0.717) is 21.7 Å². The van der Waals surface area contributed by atoms with Crippen LogP contribution < -0.4 is 9.04 Å². The quantitative estimate of drug-likeness (QED) is 0.608. The van der Waals surface area contributed by atoms with Gasteiger partial charge in [-0.2, -0.15) is 4.31 Å². The number of anilines is 1. The average molecular weight is 406 g/mol. The number of furan rings is 1. The van der Waals surface area contributed by atoms with Gasteiger partial charge in [-0.1, -0.05) is 11.6 Å². The smallest absolute Gasteiger partial charge is 0.307 e. The van der Waals surface area contributed by atoms with Crippen molar-refractivity contribution in [2.75, 3.05) is 10.9 Å². The lowest BCUT2D eigenvalue weighted by molar-refractivity contribution is 0.0979. The zero-order valence-corrected chi connectivity index (χ0v) is 15.9. The topological polar surface area (TPSA) is 76.8 Å². The highest BCUT2D eigenvalue weighted by atomic mass is 35.5. The van der Waals surface area contributed by atoms with E-state index in [1.54, 1.807) is 12.1 Å². The maximum Gasteiger partial charge on any atom is 0.307 e. The molecule has 0 spiro atoms. The summed E-state index contributed by atoms with van der Waals surface area (Å²) in [6.45, 7) is 2.31. The fourth-order valence-electron chi connectivity index (χ4n) is 2.42. The van der Waals surface area contributed by atoms with Gasteiger partial charge in [0.05, 0.1) is 23.5 Å². The Morgan fingerprint density at radius 2 is 1.74 bits per heavy atom. The van der Waals surface area contributed by atoms with Gasteiger partial charge in [0.2, 0.25) is 0 Å². The molecule has 0 N–H and O–H groups in total. The van der Waals surface area contributed by atoms with Gasteiger partial charge >= 0.3 is 5.91 Å². The summed E-state index contributed by atoms with van der Waals surface area (Å²) in [7, 11) is -4.20. The van der Waals surface area contributed by atoms with Crippen molar-refractivity contribution in [2.24, 2.45) is 0 Å². The van der Waals surface area contributed by atoms with Crippen LogP contribution in [0.15, 0.2) is 76.2 Å². The summed E-state index contributed by atoms with van der Waals surface area (Å²) in [6.07, 6.45) is 1.30. The maximum absolute atomic E-state index is 13.2. The van der Waals surface area contributed by atoms with E-state index in [1.165, 1.54) is 54.8 Å². The average Bonchev–Trinajstić information content (AvgIpc) is 3.18. The van der Waals surface area contributed by atoms with Crippen LogP contribution in [0.1, 0.15) is 17.5 Å². The highest BCUT2D eigenvalue weighted by Gasteiger charge is 2.33. The Balaban J connectivity index is 2.09. The molecule has 0 unspecified atom stereocenters. The van der Waals surface area contributed by atoms with E-state index >= 15 is 0 Å². The number of ether oxygens (including phenoxy) is 1. The van der Waals surface area contributed by atoms with Crippen molar-refractivity contribution in [3.63, 3.8) is 0 Å². The van der Waals surface area contributed by atoms with Gasteiger partial charge in [-0.3, -0.25) is 4.79 Å². The van der Waals surface area contributed by atoms with E-state index in [-0.39, 0.29) is 16.3 Å². The number of carbonyl (C=O) groups excluding carboxylic acids is 1. The number of nitrogens with zero attached hydrogens (tertiary/aromatic N) is 1. The Hall–Kier alpha value is -2.77. The molecule has 0 atom stereocenters. The second kappa shape index (κ2) is 7.85. The normalized spacial score (nSPS) is 11.2. The molecular weight excluding hydrogens is 390 g/mol. The van der Waals surface area contributed by atoms with Crippen LogP contribution in [0.5, 0.6) is 5.75 Å². The molecule has 0 radical (unpaired) electrons. The Kier molecular flexibility index (Phi) is 5.53. The molecule has 1 amide bonds. The number of sulfonamides is 1. The summed E-state index contributed by atoms with van der Waals surface area (Å²) in [5, 5.41) is 0.388. The third-order valence-corrected chi connectivity index (χ3v) is 5.63. The maximum atomic E-state index is 13.2. The van der Waals surface area contributed by atoms with Crippen LogP contribution in [0.4, 0.5) is 5.69 Å². The first-order chi connectivity index (χ1) is 12.9. The Labute approximate surface area is 162 Å². The Bertz CT molecular complexity index is 1010. The molecule has 8 heteroatoms. The predicted molar refractivity (Wildman–Crippen MR) is 102 cm³/mol. The molecule has 0 fully saturated rings. The van der Waals surface area contributed by atoms with Crippen molar-refractivity contribution in [3.05, 3.63) is 77.7 Å². The number of hydrogen-bond donors (Lipinski definition) is 0. The van der Waals surface area contributed by atoms with Crippen LogP contribution in [0.3, 0.4) is 0 Å². The van der Waals surface area contributed by atoms with Crippen LogP contribution in [-0.4, -0.2) is 20.9 Å². The number of hydrogen-bond acceptors (Lipinski definition) is 5. The van der Waals surface area contributed by atoms with Gasteiger partial charge in [0.1, 0.15) is 5.75 Å². The molecule has 0 aliphatic heterocycles. The van der Waals surface area contributed by atoms with Crippen molar-refractivity contribution in [1.29, 1.82) is 0 Å². The van der Waals surface area contributed by atoms with Gasteiger partial charge in [-0.05, 0) is 67.6 Å². The van der Waals surface area contributed by atoms with Crippen molar-refractivity contribution >= 4 is 33.2 Å². The van der Waals surface area contributed by atoms with Crippen LogP contribution >= 0.6 is 11.6 Å². The molecule has 2 aromatic carbocycles. The van der Waals surface area contributed by atoms with E-state index in [4.69, 9.17) is 20.8 Å². The standard InChI is InChI=1S/C19H16ClNO5S/c1-2-25-16-9-7-15(8-10-16)21(19(22)18-4-3-13-26-18)27(23,24)17-11-5-14(20)6-12-17/h3-13H,2H2,1H3. The lowest BCUT2D eigenvalue weighted by atomic mass is 10.3. The van der Waals surface area contributed by atoms with Crippen LogP contribution in [-0.2, 0) is 10.0 Å². The number of benzene rings is 2. The second-order valence-electron chi connectivity index (χ2n) is 5.43. The Morgan fingerprint density at radius 1 is 1.07 bits per heavy atom. The molecule has 140 valence electrons. The molecule has 1 aromatic heterocycles. The summed E-state index contributed by atoms with van der Waals surface area (Å²) in [5.41, 5.74) is 0.162. The number of halogens is 1. The largest absolute Gasteiger partial charge is 0.494 e. The summed E-state index contributed by atoms with van der Waals surface area (Å²) in [5.74, 6) is -0.337. The van der Waals surface area contributed by atoms with E-state index < -0.39 is 15.9 Å². The zero-order chi connectivity index (χ0) is 19.4. The molecule has 0 aliphatic carbocycles. The molecule has 27 heavy (non-hydrogen) atoms. The van der Waals surface area contributed by atoms with Crippen LogP contribution in [0.2, 0.25) is 5.02 Å². The highest BCUT2D eigenvalue weighted by molar-refractivity contribution is 7.93. The Morgan fingerprint density at radius 3 is 2.30 bits per heavy atom. The fraction of sp³-hybridized carbons (Fsp3) is 0.105. The molecule has 3 rings (SSSR count). The minimum Gasteiger partial charge on any atom is -0.494 e. The van der Waals surface area contributed by atoms with Gasteiger partial charge < -0.3 is 9.15 Å². The molecule has 3 aromatic rings. The SMILES string of the molecule is CCOc1ccc(N(C(=O)c2ccco2)S(=O)(=O)c2ccc(Cl)cc2)cc1. The number of amides is 1.